The SMILES string of the molecule is CCNCc1ccc2oc(/C=C/c3ccc(C)cc3)nc2c1. The summed E-state index contributed by atoms with van der Waals surface area (Å²) >= 11 is 0. The van der Waals surface area contributed by atoms with E-state index in [2.05, 4.69) is 60.5 Å². The monoisotopic (exact) mass is 292 g/mol. The molecule has 1 N–H and O–H groups in total. The van der Waals surface area contributed by atoms with E-state index < -0.39 is 0 Å². The van der Waals surface area contributed by atoms with E-state index in [-0.39, 0.29) is 0 Å². The Morgan fingerprint density at radius 3 is 2.68 bits per heavy atom. The molecule has 2 aromatic carbocycles. The zero-order valence-corrected chi connectivity index (χ0v) is 13.0. The Morgan fingerprint density at radius 2 is 1.91 bits per heavy atom. The Balaban J connectivity index is 1.80. The lowest BCUT2D eigenvalue weighted by molar-refractivity contribution is 0.589. The number of rotatable bonds is 5. The van der Waals surface area contributed by atoms with Crippen molar-refractivity contribution in [1.29, 1.82) is 0 Å². The molecule has 0 saturated carbocycles. The van der Waals surface area contributed by atoms with Crippen molar-refractivity contribution in [3.8, 4) is 0 Å². The number of nitrogens with one attached hydrogen (secondary N) is 1. The summed E-state index contributed by atoms with van der Waals surface area (Å²) < 4.78 is 5.75. The molecule has 0 amide bonds. The largest absolute Gasteiger partial charge is 0.437 e. The van der Waals surface area contributed by atoms with Gasteiger partial charge in [0.1, 0.15) is 5.52 Å². The number of hydrogen-bond acceptors (Lipinski definition) is 3. The predicted octanol–water partition coefficient (Wildman–Crippen LogP) is 4.42. The van der Waals surface area contributed by atoms with Crippen molar-refractivity contribution in [2.45, 2.75) is 20.4 Å². The molecule has 1 aromatic heterocycles. The average Bonchev–Trinajstić information content (AvgIpc) is 2.94. The molecular formula is C19H20N2O. The summed E-state index contributed by atoms with van der Waals surface area (Å²) in [5.74, 6) is 0.635. The summed E-state index contributed by atoms with van der Waals surface area (Å²) in [6, 6.07) is 14.5. The van der Waals surface area contributed by atoms with Gasteiger partial charge in [0.05, 0.1) is 0 Å². The molecule has 3 rings (SSSR count). The molecule has 0 unspecified atom stereocenters. The number of hydrogen-bond donors (Lipinski definition) is 1. The minimum atomic E-state index is 0.635. The lowest BCUT2D eigenvalue weighted by Crippen LogP contribution is -2.11. The molecule has 0 saturated heterocycles. The van der Waals surface area contributed by atoms with Crippen molar-refractivity contribution in [2.75, 3.05) is 6.54 Å². The summed E-state index contributed by atoms with van der Waals surface area (Å²) in [5, 5.41) is 3.31. The number of benzene rings is 2. The van der Waals surface area contributed by atoms with Crippen molar-refractivity contribution in [3.05, 3.63) is 65.0 Å². The molecule has 1 heterocycles. The first-order valence-electron chi connectivity index (χ1n) is 7.59. The maximum atomic E-state index is 5.75. The fourth-order valence-electron chi connectivity index (χ4n) is 2.29. The standard InChI is InChI=1S/C19H20N2O/c1-3-20-13-16-8-10-18-17(12-16)21-19(22-18)11-9-15-6-4-14(2)5-7-15/h4-12,20H,3,13H2,1-2H3/b11-9+. The first kappa shape index (κ1) is 14.5. The third-order valence-corrected chi connectivity index (χ3v) is 3.54. The van der Waals surface area contributed by atoms with E-state index in [9.17, 15) is 0 Å². The third kappa shape index (κ3) is 3.43. The molecule has 112 valence electrons. The summed E-state index contributed by atoms with van der Waals surface area (Å²) in [7, 11) is 0. The maximum absolute atomic E-state index is 5.75. The van der Waals surface area contributed by atoms with E-state index >= 15 is 0 Å². The lowest BCUT2D eigenvalue weighted by atomic mass is 10.1. The Morgan fingerprint density at radius 1 is 1.09 bits per heavy atom. The van der Waals surface area contributed by atoms with E-state index in [1.165, 1.54) is 11.1 Å². The first-order chi connectivity index (χ1) is 10.7. The summed E-state index contributed by atoms with van der Waals surface area (Å²) in [5.41, 5.74) is 5.34. The molecule has 0 spiro atoms. The highest BCUT2D eigenvalue weighted by molar-refractivity contribution is 5.76. The van der Waals surface area contributed by atoms with E-state index in [1.807, 2.05) is 18.2 Å². The fraction of sp³-hybridized carbons (Fsp3) is 0.211. The van der Waals surface area contributed by atoms with Gasteiger partial charge >= 0.3 is 0 Å². The molecule has 0 aliphatic heterocycles. The minimum absolute atomic E-state index is 0.635. The molecule has 0 aliphatic rings. The molecule has 3 aromatic rings. The zero-order valence-electron chi connectivity index (χ0n) is 13.0. The summed E-state index contributed by atoms with van der Waals surface area (Å²) in [6.07, 6.45) is 3.93. The maximum Gasteiger partial charge on any atom is 0.220 e. The summed E-state index contributed by atoms with van der Waals surface area (Å²) in [6.45, 7) is 6.00. The van der Waals surface area contributed by atoms with Crippen LogP contribution in [-0.4, -0.2) is 11.5 Å². The van der Waals surface area contributed by atoms with E-state index in [0.717, 1.165) is 29.8 Å². The van der Waals surface area contributed by atoms with Crippen LogP contribution in [-0.2, 0) is 6.54 Å². The van der Waals surface area contributed by atoms with Crippen LogP contribution in [0.4, 0.5) is 0 Å². The Hall–Kier alpha value is -2.39. The molecule has 0 bridgehead atoms. The smallest absolute Gasteiger partial charge is 0.220 e. The van der Waals surface area contributed by atoms with Gasteiger partial charge in [0.2, 0.25) is 5.89 Å². The Labute approximate surface area is 130 Å². The fourth-order valence-corrected chi connectivity index (χ4v) is 2.29. The molecular weight excluding hydrogens is 272 g/mol. The molecule has 22 heavy (non-hydrogen) atoms. The van der Waals surface area contributed by atoms with Crippen LogP contribution >= 0.6 is 0 Å². The van der Waals surface area contributed by atoms with Gasteiger partial charge in [-0.05, 0) is 42.8 Å². The molecule has 3 heteroatoms. The molecule has 0 atom stereocenters. The zero-order chi connectivity index (χ0) is 15.4. The highest BCUT2D eigenvalue weighted by Crippen LogP contribution is 2.19. The number of aryl methyl sites for hydroxylation is 1. The second kappa shape index (κ2) is 6.58. The highest BCUT2D eigenvalue weighted by Gasteiger charge is 2.04. The van der Waals surface area contributed by atoms with Crippen LogP contribution in [0.2, 0.25) is 0 Å². The van der Waals surface area contributed by atoms with Crippen molar-refractivity contribution in [1.82, 2.24) is 10.3 Å². The second-order valence-corrected chi connectivity index (χ2v) is 5.38. The van der Waals surface area contributed by atoms with Gasteiger partial charge in [-0.2, -0.15) is 0 Å². The van der Waals surface area contributed by atoms with Crippen LogP contribution in [0.15, 0.2) is 46.9 Å². The van der Waals surface area contributed by atoms with Crippen LogP contribution < -0.4 is 5.32 Å². The van der Waals surface area contributed by atoms with Gasteiger partial charge in [-0.15, -0.1) is 0 Å². The summed E-state index contributed by atoms with van der Waals surface area (Å²) in [4.78, 5) is 4.53. The van der Waals surface area contributed by atoms with Crippen LogP contribution in [0.5, 0.6) is 0 Å². The van der Waals surface area contributed by atoms with Gasteiger partial charge in [0.25, 0.3) is 0 Å². The quantitative estimate of drug-likeness (QED) is 0.756. The highest BCUT2D eigenvalue weighted by atomic mass is 16.3. The van der Waals surface area contributed by atoms with Gasteiger partial charge in [0, 0.05) is 12.6 Å². The molecule has 0 fully saturated rings. The van der Waals surface area contributed by atoms with E-state index in [1.54, 1.807) is 0 Å². The van der Waals surface area contributed by atoms with Crippen LogP contribution in [0, 0.1) is 6.92 Å². The van der Waals surface area contributed by atoms with Crippen LogP contribution in [0.1, 0.15) is 29.5 Å². The van der Waals surface area contributed by atoms with Crippen molar-refractivity contribution in [3.63, 3.8) is 0 Å². The van der Waals surface area contributed by atoms with Crippen molar-refractivity contribution < 1.29 is 4.42 Å². The minimum Gasteiger partial charge on any atom is -0.437 e. The topological polar surface area (TPSA) is 38.1 Å². The van der Waals surface area contributed by atoms with Gasteiger partial charge in [-0.25, -0.2) is 4.98 Å². The van der Waals surface area contributed by atoms with Gasteiger partial charge in [-0.1, -0.05) is 42.8 Å². The normalized spacial score (nSPS) is 11.5. The Kier molecular flexibility index (Phi) is 4.35. The van der Waals surface area contributed by atoms with Gasteiger partial charge in [-0.3, -0.25) is 0 Å². The number of fused-ring (bicyclic) bond motifs is 1. The van der Waals surface area contributed by atoms with Crippen LogP contribution in [0.3, 0.4) is 0 Å². The predicted molar refractivity (Wildman–Crippen MR) is 91.5 cm³/mol. The number of oxazole rings is 1. The first-order valence-corrected chi connectivity index (χ1v) is 7.59. The average molecular weight is 292 g/mol. The van der Waals surface area contributed by atoms with Gasteiger partial charge in [0.15, 0.2) is 5.58 Å². The lowest BCUT2D eigenvalue weighted by Gasteiger charge is -2.00. The molecule has 0 aliphatic carbocycles. The van der Waals surface area contributed by atoms with Crippen molar-refractivity contribution >= 4 is 23.3 Å². The number of aromatic nitrogens is 1. The Bertz CT molecular complexity index is 785. The van der Waals surface area contributed by atoms with E-state index in [0.29, 0.717) is 5.89 Å². The third-order valence-electron chi connectivity index (χ3n) is 3.54. The van der Waals surface area contributed by atoms with Crippen LogP contribution in [0.25, 0.3) is 23.3 Å². The number of nitrogens with zero attached hydrogens (tertiary/aromatic N) is 1. The second-order valence-electron chi connectivity index (χ2n) is 5.38. The molecule has 3 nitrogen and oxygen atoms in total. The van der Waals surface area contributed by atoms with E-state index in [4.69, 9.17) is 4.42 Å². The molecule has 0 radical (unpaired) electrons. The van der Waals surface area contributed by atoms with Gasteiger partial charge < -0.3 is 9.73 Å². The van der Waals surface area contributed by atoms with Crippen molar-refractivity contribution in [2.24, 2.45) is 0 Å².